The van der Waals surface area contributed by atoms with E-state index in [1.165, 1.54) is 0 Å². The van der Waals surface area contributed by atoms with Gasteiger partial charge in [0.2, 0.25) is 0 Å². The molecule has 0 spiro atoms. The maximum atomic E-state index is 13.1. The van der Waals surface area contributed by atoms with Gasteiger partial charge < -0.3 is 14.5 Å². The Hall–Kier alpha value is -2.55. The molecule has 0 bridgehead atoms. The molecule has 1 atom stereocenters. The van der Waals surface area contributed by atoms with Crippen LogP contribution in [0.5, 0.6) is 5.75 Å². The lowest BCUT2D eigenvalue weighted by molar-refractivity contribution is -0.138. The zero-order chi connectivity index (χ0) is 19.4. The second-order valence-electron chi connectivity index (χ2n) is 6.93. The van der Waals surface area contributed by atoms with Gasteiger partial charge in [0.15, 0.2) is 6.10 Å². The lowest BCUT2D eigenvalue weighted by Gasteiger charge is -2.27. The molecular weight excluding hydrogens is 362 g/mol. The summed E-state index contributed by atoms with van der Waals surface area (Å²) < 4.78 is 5.88. The van der Waals surface area contributed by atoms with Gasteiger partial charge in [-0.1, -0.05) is 23.7 Å². The van der Waals surface area contributed by atoms with Crippen molar-refractivity contribution in [3.05, 3.63) is 64.2 Å². The number of carbonyl (C=O) groups is 1. The number of amides is 1. The fourth-order valence-corrected chi connectivity index (χ4v) is 3.25. The summed E-state index contributed by atoms with van der Waals surface area (Å²) in [5, 5.41) is 9.59. The van der Waals surface area contributed by atoms with Crippen molar-refractivity contribution >= 4 is 17.5 Å². The average molecular weight is 384 g/mol. The topological polar surface area (TPSA) is 56.6 Å². The summed E-state index contributed by atoms with van der Waals surface area (Å²) in [4.78, 5) is 17.0. The predicted octanol–water partition coefficient (Wildman–Crippen LogP) is 3.11. The first-order valence-electron chi connectivity index (χ1n) is 8.84. The summed E-state index contributed by atoms with van der Waals surface area (Å²) in [7, 11) is 3.96. The van der Waals surface area contributed by atoms with Crippen molar-refractivity contribution in [3.63, 3.8) is 0 Å². The number of ether oxygens (including phenoxy) is 1. The van der Waals surface area contributed by atoms with Gasteiger partial charge in [0.05, 0.1) is 11.6 Å². The van der Waals surface area contributed by atoms with Gasteiger partial charge in [-0.05, 0) is 55.6 Å². The molecule has 1 heterocycles. The molecule has 1 aliphatic heterocycles. The fourth-order valence-electron chi connectivity index (χ4n) is 3.05. The highest BCUT2D eigenvalue weighted by Crippen LogP contribution is 2.31. The third-order valence-corrected chi connectivity index (χ3v) is 4.79. The fraction of sp³-hybridized carbons (Fsp3) is 0.333. The van der Waals surface area contributed by atoms with Crippen LogP contribution in [0.3, 0.4) is 0 Å². The summed E-state index contributed by atoms with van der Waals surface area (Å²) in [6.07, 6.45) is -0.000359. The van der Waals surface area contributed by atoms with Crippen LogP contribution >= 0.6 is 11.6 Å². The van der Waals surface area contributed by atoms with Crippen LogP contribution in [0, 0.1) is 11.3 Å². The Labute approximate surface area is 164 Å². The lowest BCUT2D eigenvalue weighted by Crippen LogP contribution is -2.43. The molecule has 0 saturated heterocycles. The molecule has 2 aromatic rings. The minimum Gasteiger partial charge on any atom is -0.480 e. The first kappa shape index (κ1) is 19.2. The van der Waals surface area contributed by atoms with E-state index in [9.17, 15) is 4.79 Å². The second-order valence-corrected chi connectivity index (χ2v) is 7.37. The summed E-state index contributed by atoms with van der Waals surface area (Å²) in [6, 6.07) is 14.9. The van der Waals surface area contributed by atoms with Crippen molar-refractivity contribution < 1.29 is 9.53 Å². The van der Waals surface area contributed by atoms with Crippen molar-refractivity contribution in [3.8, 4) is 11.8 Å². The van der Waals surface area contributed by atoms with Crippen LogP contribution < -0.4 is 4.74 Å². The van der Waals surface area contributed by atoms with Crippen molar-refractivity contribution in [1.29, 1.82) is 5.26 Å². The number of fused-ring (bicyclic) bond motifs is 1. The van der Waals surface area contributed by atoms with E-state index in [0.29, 0.717) is 30.1 Å². The Balaban J connectivity index is 1.74. The van der Waals surface area contributed by atoms with Crippen molar-refractivity contribution in [2.45, 2.75) is 19.1 Å². The molecule has 0 fully saturated rings. The molecule has 0 unspecified atom stereocenters. The van der Waals surface area contributed by atoms with E-state index in [1.807, 2.05) is 48.2 Å². The Kier molecular flexibility index (Phi) is 6.00. The molecule has 0 aliphatic carbocycles. The van der Waals surface area contributed by atoms with E-state index >= 15 is 0 Å². The van der Waals surface area contributed by atoms with Gasteiger partial charge >= 0.3 is 0 Å². The number of likely N-dealkylation sites (N-methyl/N-ethyl adjacent to an activating group) is 1. The van der Waals surface area contributed by atoms with Gasteiger partial charge in [-0.25, -0.2) is 0 Å². The summed E-state index contributed by atoms with van der Waals surface area (Å²) in [5.41, 5.74) is 2.56. The highest BCUT2D eigenvalue weighted by molar-refractivity contribution is 6.30. The van der Waals surface area contributed by atoms with Gasteiger partial charge in [0.25, 0.3) is 5.91 Å². The number of hydrogen-bond donors (Lipinski definition) is 0. The maximum absolute atomic E-state index is 13.1. The van der Waals surface area contributed by atoms with Crippen molar-refractivity contribution in [2.24, 2.45) is 0 Å². The minimum atomic E-state index is -0.529. The van der Waals surface area contributed by atoms with E-state index in [0.717, 1.165) is 23.4 Å². The molecule has 27 heavy (non-hydrogen) atoms. The smallest absolute Gasteiger partial charge is 0.264 e. The van der Waals surface area contributed by atoms with E-state index in [1.54, 1.807) is 18.2 Å². The average Bonchev–Trinajstić information content (AvgIpc) is 3.08. The molecule has 140 valence electrons. The third kappa shape index (κ3) is 4.79. The quantitative estimate of drug-likeness (QED) is 0.769. The number of nitriles is 1. The summed E-state index contributed by atoms with van der Waals surface area (Å²) >= 11 is 6.05. The van der Waals surface area contributed by atoms with Gasteiger partial charge in [-0.2, -0.15) is 5.26 Å². The number of carbonyl (C=O) groups excluding carboxylic acids is 1. The van der Waals surface area contributed by atoms with Crippen LogP contribution in [0.2, 0.25) is 5.02 Å². The lowest BCUT2D eigenvalue weighted by atomic mass is 10.1. The number of halogens is 1. The van der Waals surface area contributed by atoms with Gasteiger partial charge in [-0.3, -0.25) is 4.79 Å². The van der Waals surface area contributed by atoms with Crippen molar-refractivity contribution in [2.75, 3.05) is 27.2 Å². The number of hydrogen-bond acceptors (Lipinski definition) is 4. The van der Waals surface area contributed by atoms with Crippen LogP contribution in [0.1, 0.15) is 16.7 Å². The predicted molar refractivity (Wildman–Crippen MR) is 105 cm³/mol. The molecule has 2 aromatic carbocycles. The third-order valence-electron chi connectivity index (χ3n) is 4.56. The second kappa shape index (κ2) is 8.43. The molecule has 6 heteroatoms. The Morgan fingerprint density at radius 3 is 2.63 bits per heavy atom. The largest absolute Gasteiger partial charge is 0.480 e. The summed E-state index contributed by atoms with van der Waals surface area (Å²) in [5.74, 6) is 0.692. The Morgan fingerprint density at radius 1 is 1.22 bits per heavy atom. The van der Waals surface area contributed by atoms with Gasteiger partial charge in [-0.15, -0.1) is 0 Å². The van der Waals surface area contributed by atoms with E-state index in [4.69, 9.17) is 21.6 Å². The van der Waals surface area contributed by atoms with Crippen LogP contribution in [0.4, 0.5) is 0 Å². The molecule has 3 rings (SSSR count). The summed E-state index contributed by atoms with van der Waals surface area (Å²) in [6.45, 7) is 1.84. The molecule has 5 nitrogen and oxygen atoms in total. The molecule has 0 aromatic heterocycles. The number of benzene rings is 2. The Bertz CT molecular complexity index is 859. The molecule has 1 aliphatic rings. The van der Waals surface area contributed by atoms with Crippen LogP contribution in [0.25, 0.3) is 0 Å². The molecular formula is C21H22ClN3O2. The van der Waals surface area contributed by atoms with Gasteiger partial charge in [0.1, 0.15) is 5.75 Å². The molecule has 0 radical (unpaired) electrons. The standard InChI is InChI=1S/C21H22ClN3O2/c1-24(2)9-10-25(14-16-5-3-15(13-23)4-6-16)21(26)20-12-17-11-18(22)7-8-19(17)27-20/h3-8,11,20H,9-10,12,14H2,1-2H3/t20-/m1/s1. The maximum Gasteiger partial charge on any atom is 0.264 e. The van der Waals surface area contributed by atoms with E-state index < -0.39 is 6.10 Å². The van der Waals surface area contributed by atoms with Crippen molar-refractivity contribution in [1.82, 2.24) is 9.80 Å². The zero-order valence-corrected chi connectivity index (χ0v) is 16.2. The zero-order valence-electron chi connectivity index (χ0n) is 15.5. The highest BCUT2D eigenvalue weighted by atomic mass is 35.5. The molecule has 0 saturated carbocycles. The van der Waals surface area contributed by atoms with Crippen LogP contribution in [-0.4, -0.2) is 49.0 Å². The van der Waals surface area contributed by atoms with Gasteiger partial charge in [0, 0.05) is 31.1 Å². The molecule has 0 N–H and O–H groups in total. The Morgan fingerprint density at radius 2 is 1.96 bits per heavy atom. The monoisotopic (exact) mass is 383 g/mol. The SMILES string of the molecule is CN(C)CCN(Cc1ccc(C#N)cc1)C(=O)[C@H]1Cc2cc(Cl)ccc2O1. The molecule has 1 amide bonds. The number of rotatable bonds is 6. The van der Waals surface area contributed by atoms with E-state index in [-0.39, 0.29) is 5.91 Å². The normalized spacial score (nSPS) is 15.1. The highest BCUT2D eigenvalue weighted by Gasteiger charge is 2.32. The number of nitrogens with zero attached hydrogens (tertiary/aromatic N) is 3. The van der Waals surface area contributed by atoms with Crippen LogP contribution in [-0.2, 0) is 17.8 Å². The first-order chi connectivity index (χ1) is 13.0. The van der Waals surface area contributed by atoms with Crippen LogP contribution in [0.15, 0.2) is 42.5 Å². The first-order valence-corrected chi connectivity index (χ1v) is 9.21. The minimum absolute atomic E-state index is 0.0338. The van der Waals surface area contributed by atoms with E-state index in [2.05, 4.69) is 6.07 Å².